The highest BCUT2D eigenvalue weighted by Crippen LogP contribution is 2.26. The summed E-state index contributed by atoms with van der Waals surface area (Å²) in [6.07, 6.45) is 12.1. The standard InChI is InChI=1S/C14H26OSi/c1-5-6-7-9-13-10-8-11-14(12-13)15-16(2,3)4/h9,12H,5-8,10-11H2,1-4H3/b13-9-. The molecule has 0 fully saturated rings. The van der Waals surface area contributed by atoms with Crippen LogP contribution in [-0.4, -0.2) is 8.32 Å². The van der Waals surface area contributed by atoms with Crippen LogP contribution in [0.25, 0.3) is 0 Å². The Morgan fingerprint density at radius 3 is 2.69 bits per heavy atom. The van der Waals surface area contributed by atoms with Crippen LogP contribution >= 0.6 is 0 Å². The van der Waals surface area contributed by atoms with Gasteiger partial charge in [0.05, 0.1) is 5.76 Å². The van der Waals surface area contributed by atoms with Crippen LogP contribution < -0.4 is 0 Å². The second-order valence-corrected chi connectivity index (χ2v) is 10.0. The zero-order chi connectivity index (χ0) is 12.0. The molecule has 0 amide bonds. The first-order valence-corrected chi connectivity index (χ1v) is 10.0. The van der Waals surface area contributed by atoms with E-state index in [9.17, 15) is 0 Å². The summed E-state index contributed by atoms with van der Waals surface area (Å²) in [6, 6.07) is 0. The molecule has 0 aromatic rings. The fraction of sp³-hybridized carbons (Fsp3) is 0.714. The van der Waals surface area contributed by atoms with Gasteiger partial charge in [0.15, 0.2) is 0 Å². The van der Waals surface area contributed by atoms with Crippen molar-refractivity contribution in [3.8, 4) is 0 Å². The molecule has 0 aromatic heterocycles. The Morgan fingerprint density at radius 2 is 2.06 bits per heavy atom. The summed E-state index contributed by atoms with van der Waals surface area (Å²) in [5, 5.41) is 0. The molecule has 1 nitrogen and oxygen atoms in total. The van der Waals surface area contributed by atoms with Gasteiger partial charge in [0.2, 0.25) is 8.32 Å². The lowest BCUT2D eigenvalue weighted by Crippen LogP contribution is -2.25. The van der Waals surface area contributed by atoms with Gasteiger partial charge in [-0.15, -0.1) is 0 Å². The molecular formula is C14H26OSi. The number of rotatable bonds is 5. The molecule has 0 spiro atoms. The van der Waals surface area contributed by atoms with Crippen LogP contribution in [0.15, 0.2) is 23.5 Å². The second-order valence-electron chi connectivity index (χ2n) is 5.60. The van der Waals surface area contributed by atoms with Gasteiger partial charge in [0.25, 0.3) is 0 Å². The van der Waals surface area contributed by atoms with Crippen molar-refractivity contribution in [3.05, 3.63) is 23.5 Å². The maximum absolute atomic E-state index is 6.07. The fourth-order valence-corrected chi connectivity index (χ4v) is 2.89. The fourth-order valence-electron chi connectivity index (χ4n) is 1.94. The van der Waals surface area contributed by atoms with E-state index in [2.05, 4.69) is 38.7 Å². The number of allylic oxidation sites excluding steroid dienone is 4. The summed E-state index contributed by atoms with van der Waals surface area (Å²) in [5.41, 5.74) is 1.49. The Hall–Kier alpha value is -0.503. The number of unbranched alkanes of at least 4 members (excludes halogenated alkanes) is 2. The quantitative estimate of drug-likeness (QED) is 0.482. The van der Waals surface area contributed by atoms with Crippen molar-refractivity contribution in [1.82, 2.24) is 0 Å². The van der Waals surface area contributed by atoms with E-state index in [-0.39, 0.29) is 0 Å². The van der Waals surface area contributed by atoms with Crippen LogP contribution in [0, 0.1) is 0 Å². The second kappa shape index (κ2) is 6.29. The average Bonchev–Trinajstić information content (AvgIpc) is 2.16. The van der Waals surface area contributed by atoms with Gasteiger partial charge in [-0.25, -0.2) is 0 Å². The Labute approximate surface area is 102 Å². The lowest BCUT2D eigenvalue weighted by molar-refractivity contribution is 0.388. The predicted octanol–water partition coefficient (Wildman–Crippen LogP) is 5.02. The molecule has 0 heterocycles. The first kappa shape index (κ1) is 13.6. The molecule has 1 rings (SSSR count). The minimum absolute atomic E-state index is 1.13. The van der Waals surface area contributed by atoms with Crippen molar-refractivity contribution in [3.63, 3.8) is 0 Å². The normalized spacial score (nSPS) is 19.8. The molecule has 2 heteroatoms. The molecule has 0 aromatic carbocycles. The molecule has 0 N–H and O–H groups in total. The van der Waals surface area contributed by atoms with Gasteiger partial charge < -0.3 is 4.43 Å². The Bertz CT molecular complexity index is 271. The van der Waals surface area contributed by atoms with Crippen LogP contribution in [0.5, 0.6) is 0 Å². The van der Waals surface area contributed by atoms with E-state index in [0.29, 0.717) is 0 Å². The largest absolute Gasteiger partial charge is 0.547 e. The highest BCUT2D eigenvalue weighted by molar-refractivity contribution is 6.70. The first-order valence-electron chi connectivity index (χ1n) is 6.60. The minimum Gasteiger partial charge on any atom is -0.547 e. The van der Waals surface area contributed by atoms with Crippen molar-refractivity contribution >= 4 is 8.32 Å². The maximum Gasteiger partial charge on any atom is 0.241 e. The van der Waals surface area contributed by atoms with E-state index in [1.165, 1.54) is 43.4 Å². The van der Waals surface area contributed by atoms with Crippen LogP contribution in [0.4, 0.5) is 0 Å². The molecule has 92 valence electrons. The third-order valence-corrected chi connectivity index (χ3v) is 3.51. The number of hydrogen-bond donors (Lipinski definition) is 0. The molecule has 1 aliphatic rings. The zero-order valence-corrected chi connectivity index (χ0v) is 12.3. The van der Waals surface area contributed by atoms with E-state index in [4.69, 9.17) is 4.43 Å². The third-order valence-electron chi connectivity index (χ3n) is 2.64. The summed E-state index contributed by atoms with van der Waals surface area (Å²) < 4.78 is 6.07. The molecule has 0 aliphatic heterocycles. The van der Waals surface area contributed by atoms with Crippen molar-refractivity contribution < 1.29 is 4.43 Å². The predicted molar refractivity (Wildman–Crippen MR) is 74.0 cm³/mol. The Balaban J connectivity index is 2.55. The number of hydrogen-bond acceptors (Lipinski definition) is 1. The molecule has 0 radical (unpaired) electrons. The highest BCUT2D eigenvalue weighted by atomic mass is 28.4. The van der Waals surface area contributed by atoms with Gasteiger partial charge in [0.1, 0.15) is 0 Å². The molecule has 1 aliphatic carbocycles. The Kier molecular flexibility index (Phi) is 5.33. The van der Waals surface area contributed by atoms with Crippen molar-refractivity contribution in [2.24, 2.45) is 0 Å². The topological polar surface area (TPSA) is 9.23 Å². The van der Waals surface area contributed by atoms with Crippen LogP contribution in [0.1, 0.15) is 45.4 Å². The van der Waals surface area contributed by atoms with Crippen LogP contribution in [0.2, 0.25) is 19.6 Å². The minimum atomic E-state index is -1.41. The highest BCUT2D eigenvalue weighted by Gasteiger charge is 2.19. The van der Waals surface area contributed by atoms with E-state index >= 15 is 0 Å². The molecule has 0 bridgehead atoms. The molecule has 16 heavy (non-hydrogen) atoms. The smallest absolute Gasteiger partial charge is 0.241 e. The summed E-state index contributed by atoms with van der Waals surface area (Å²) in [4.78, 5) is 0. The van der Waals surface area contributed by atoms with Crippen LogP contribution in [0.3, 0.4) is 0 Å². The Morgan fingerprint density at radius 1 is 1.31 bits per heavy atom. The summed E-state index contributed by atoms with van der Waals surface area (Å²) in [7, 11) is -1.41. The van der Waals surface area contributed by atoms with Gasteiger partial charge in [-0.2, -0.15) is 0 Å². The molecule has 0 saturated carbocycles. The van der Waals surface area contributed by atoms with Crippen molar-refractivity contribution in [2.45, 2.75) is 65.1 Å². The molecule has 0 atom stereocenters. The third kappa shape index (κ3) is 5.55. The van der Waals surface area contributed by atoms with Crippen molar-refractivity contribution in [1.29, 1.82) is 0 Å². The van der Waals surface area contributed by atoms with E-state index in [1.807, 2.05) is 0 Å². The summed E-state index contributed by atoms with van der Waals surface area (Å²) in [5.74, 6) is 1.23. The van der Waals surface area contributed by atoms with E-state index < -0.39 is 8.32 Å². The van der Waals surface area contributed by atoms with Gasteiger partial charge in [-0.3, -0.25) is 0 Å². The summed E-state index contributed by atoms with van der Waals surface area (Å²) >= 11 is 0. The van der Waals surface area contributed by atoms with E-state index in [1.54, 1.807) is 0 Å². The SMILES string of the molecule is CCCC/C=C1\C=C(O[Si](C)(C)C)CCC1. The lowest BCUT2D eigenvalue weighted by Gasteiger charge is -2.24. The van der Waals surface area contributed by atoms with Gasteiger partial charge in [-0.1, -0.05) is 25.8 Å². The summed E-state index contributed by atoms with van der Waals surface area (Å²) in [6.45, 7) is 9.00. The van der Waals surface area contributed by atoms with Crippen LogP contribution in [-0.2, 0) is 4.43 Å². The zero-order valence-electron chi connectivity index (χ0n) is 11.3. The maximum atomic E-state index is 6.07. The van der Waals surface area contributed by atoms with Gasteiger partial charge in [-0.05, 0) is 50.6 Å². The van der Waals surface area contributed by atoms with Gasteiger partial charge >= 0.3 is 0 Å². The monoisotopic (exact) mass is 238 g/mol. The van der Waals surface area contributed by atoms with E-state index in [0.717, 1.165) is 6.42 Å². The van der Waals surface area contributed by atoms with Crippen molar-refractivity contribution in [2.75, 3.05) is 0 Å². The lowest BCUT2D eigenvalue weighted by atomic mass is 9.99. The first-order chi connectivity index (χ1) is 7.51. The van der Waals surface area contributed by atoms with Gasteiger partial charge in [0, 0.05) is 6.42 Å². The molecular weight excluding hydrogens is 212 g/mol. The molecule has 0 unspecified atom stereocenters. The average molecular weight is 238 g/mol. The molecule has 0 saturated heterocycles.